The summed E-state index contributed by atoms with van der Waals surface area (Å²) >= 11 is 10.4. The summed E-state index contributed by atoms with van der Waals surface area (Å²) in [6.45, 7) is 0. The molecule has 0 N–H and O–H groups in total. The molecule has 1 fully saturated rings. The Morgan fingerprint density at radius 3 is 2.89 bits per heavy atom. The Morgan fingerprint density at radius 2 is 2.28 bits per heavy atom. The predicted molar refractivity (Wildman–Crippen MR) is 83.2 cm³/mol. The molecule has 1 aromatic rings. The molecule has 0 aliphatic heterocycles. The van der Waals surface area contributed by atoms with Crippen LogP contribution in [0.25, 0.3) is 0 Å². The van der Waals surface area contributed by atoms with Crippen molar-refractivity contribution in [2.75, 3.05) is 6.26 Å². The van der Waals surface area contributed by atoms with Gasteiger partial charge in [0.25, 0.3) is 0 Å². The van der Waals surface area contributed by atoms with Gasteiger partial charge in [0.2, 0.25) is 0 Å². The van der Waals surface area contributed by atoms with E-state index in [2.05, 4.69) is 20.9 Å². The second-order valence-electron chi connectivity index (χ2n) is 4.42. The van der Waals surface area contributed by atoms with Crippen molar-refractivity contribution in [3.8, 4) is 0 Å². The van der Waals surface area contributed by atoms with E-state index in [-0.39, 0.29) is 5.78 Å². The molecule has 1 atom stereocenters. The fourth-order valence-corrected chi connectivity index (χ4v) is 3.87. The van der Waals surface area contributed by atoms with Crippen molar-refractivity contribution >= 4 is 49.9 Å². The number of hydrogen-bond donors (Lipinski definition) is 0. The van der Waals surface area contributed by atoms with Crippen LogP contribution in [0.5, 0.6) is 0 Å². The van der Waals surface area contributed by atoms with Gasteiger partial charge in [-0.2, -0.15) is 0 Å². The molecule has 18 heavy (non-hydrogen) atoms. The van der Waals surface area contributed by atoms with Crippen LogP contribution < -0.4 is 0 Å². The number of aromatic nitrogens is 1. The summed E-state index contributed by atoms with van der Waals surface area (Å²) < 4.78 is 1.66. The molecule has 0 saturated heterocycles. The number of carbonyl (C=O) groups excluding carboxylic acids is 1. The SMILES string of the molecule is CSC(=S)C1(c2cncc(Br)c2)CCCCC1=O. The summed E-state index contributed by atoms with van der Waals surface area (Å²) in [5.74, 6) is 0.244. The van der Waals surface area contributed by atoms with Crippen LogP contribution in [-0.2, 0) is 10.2 Å². The number of hydrogen-bond acceptors (Lipinski definition) is 4. The maximum Gasteiger partial charge on any atom is 0.149 e. The molecule has 1 unspecified atom stereocenters. The summed E-state index contributed by atoms with van der Waals surface area (Å²) in [6.07, 6.45) is 8.88. The highest BCUT2D eigenvalue weighted by Crippen LogP contribution is 2.41. The predicted octanol–water partition coefficient (Wildman–Crippen LogP) is 3.92. The first-order valence-corrected chi connectivity index (χ1v) is 8.26. The molecule has 1 aliphatic rings. The number of halogens is 1. The number of carbonyl (C=O) groups is 1. The Morgan fingerprint density at radius 1 is 1.50 bits per heavy atom. The van der Waals surface area contributed by atoms with Gasteiger partial charge in [-0.25, -0.2) is 0 Å². The Kier molecular flexibility index (Phi) is 4.56. The molecule has 1 saturated carbocycles. The molecule has 1 heterocycles. The van der Waals surface area contributed by atoms with E-state index >= 15 is 0 Å². The van der Waals surface area contributed by atoms with Gasteiger partial charge >= 0.3 is 0 Å². The number of pyridine rings is 1. The molecule has 0 amide bonds. The Labute approximate surface area is 125 Å². The lowest BCUT2D eigenvalue weighted by Gasteiger charge is -2.36. The maximum absolute atomic E-state index is 12.5. The van der Waals surface area contributed by atoms with Crippen molar-refractivity contribution in [3.05, 3.63) is 28.5 Å². The summed E-state index contributed by atoms with van der Waals surface area (Å²) in [6, 6.07) is 1.97. The minimum atomic E-state index is -0.607. The van der Waals surface area contributed by atoms with Crippen molar-refractivity contribution in [1.82, 2.24) is 4.98 Å². The van der Waals surface area contributed by atoms with Crippen molar-refractivity contribution in [2.24, 2.45) is 0 Å². The first kappa shape index (κ1) is 14.2. The minimum Gasteiger partial charge on any atom is -0.298 e. The van der Waals surface area contributed by atoms with Gasteiger partial charge in [-0.3, -0.25) is 9.78 Å². The van der Waals surface area contributed by atoms with Gasteiger partial charge in [-0.05, 0) is 46.7 Å². The van der Waals surface area contributed by atoms with Crippen LogP contribution in [0, 0.1) is 0 Å². The number of Topliss-reactive ketones (excluding diaryl/α,β-unsaturated/α-hetero) is 1. The molecule has 0 radical (unpaired) electrons. The van der Waals surface area contributed by atoms with E-state index in [0.717, 1.165) is 33.5 Å². The lowest BCUT2D eigenvalue weighted by molar-refractivity contribution is -0.123. The Balaban J connectivity index is 2.54. The van der Waals surface area contributed by atoms with Crippen molar-refractivity contribution in [1.29, 1.82) is 0 Å². The highest BCUT2D eigenvalue weighted by Gasteiger charge is 2.45. The summed E-state index contributed by atoms with van der Waals surface area (Å²) in [4.78, 5) is 16.7. The standard InChI is InChI=1S/C13H14BrNOS2/c1-18-12(17)13(5-3-2-4-11(13)16)9-6-10(14)8-15-7-9/h6-8H,2-5H2,1H3. The van der Waals surface area contributed by atoms with E-state index in [1.807, 2.05) is 12.3 Å². The van der Waals surface area contributed by atoms with Crippen LogP contribution in [-0.4, -0.2) is 21.2 Å². The maximum atomic E-state index is 12.5. The molecule has 0 aromatic carbocycles. The lowest BCUT2D eigenvalue weighted by Crippen LogP contribution is -2.43. The second kappa shape index (κ2) is 5.80. The minimum absolute atomic E-state index is 0.244. The summed E-state index contributed by atoms with van der Waals surface area (Å²) in [5.41, 5.74) is 0.324. The van der Waals surface area contributed by atoms with E-state index in [1.54, 1.807) is 12.4 Å². The van der Waals surface area contributed by atoms with Gasteiger partial charge in [0.05, 0.1) is 9.61 Å². The highest BCUT2D eigenvalue weighted by molar-refractivity contribution is 9.10. The zero-order chi connectivity index (χ0) is 13.2. The van der Waals surface area contributed by atoms with E-state index in [1.165, 1.54) is 11.8 Å². The third-order valence-corrected chi connectivity index (χ3v) is 5.41. The molecule has 1 aliphatic carbocycles. The number of thiocarbonyl (C=S) groups is 1. The molecular formula is C13H14BrNOS2. The van der Waals surface area contributed by atoms with Crippen molar-refractivity contribution in [2.45, 2.75) is 31.1 Å². The van der Waals surface area contributed by atoms with Crippen LogP contribution in [0.1, 0.15) is 31.2 Å². The first-order valence-electron chi connectivity index (χ1n) is 5.84. The fraction of sp³-hybridized carbons (Fsp3) is 0.462. The van der Waals surface area contributed by atoms with Gasteiger partial charge < -0.3 is 0 Å². The molecule has 96 valence electrons. The number of thioether (sulfide) groups is 1. The van der Waals surface area contributed by atoms with Gasteiger partial charge in [-0.1, -0.05) is 18.6 Å². The van der Waals surface area contributed by atoms with E-state index in [4.69, 9.17) is 12.2 Å². The van der Waals surface area contributed by atoms with Crippen LogP contribution >= 0.6 is 39.9 Å². The lowest BCUT2D eigenvalue weighted by atomic mass is 9.70. The molecule has 1 aromatic heterocycles. The molecular weight excluding hydrogens is 330 g/mol. The zero-order valence-corrected chi connectivity index (χ0v) is 13.3. The number of nitrogens with zero attached hydrogens (tertiary/aromatic N) is 1. The third-order valence-electron chi connectivity index (χ3n) is 3.41. The second-order valence-corrected chi connectivity index (χ2v) is 6.82. The number of rotatable bonds is 2. The fourth-order valence-electron chi connectivity index (χ4n) is 2.49. The van der Waals surface area contributed by atoms with E-state index < -0.39 is 5.41 Å². The monoisotopic (exact) mass is 343 g/mol. The average molecular weight is 344 g/mol. The summed E-state index contributed by atoms with van der Waals surface area (Å²) in [5, 5.41) is 0. The van der Waals surface area contributed by atoms with Crippen LogP contribution in [0.2, 0.25) is 0 Å². The normalized spacial score (nSPS) is 24.0. The Bertz CT molecular complexity index is 482. The summed E-state index contributed by atoms with van der Waals surface area (Å²) in [7, 11) is 0. The van der Waals surface area contributed by atoms with Crippen molar-refractivity contribution < 1.29 is 4.79 Å². The third kappa shape index (κ3) is 2.40. The zero-order valence-electron chi connectivity index (χ0n) is 10.1. The molecule has 0 bridgehead atoms. The van der Waals surface area contributed by atoms with E-state index in [0.29, 0.717) is 6.42 Å². The first-order chi connectivity index (χ1) is 8.61. The average Bonchev–Trinajstić information content (AvgIpc) is 2.38. The molecule has 2 rings (SSSR count). The van der Waals surface area contributed by atoms with E-state index in [9.17, 15) is 4.79 Å². The van der Waals surface area contributed by atoms with Gasteiger partial charge in [0, 0.05) is 23.3 Å². The highest BCUT2D eigenvalue weighted by atomic mass is 79.9. The topological polar surface area (TPSA) is 30.0 Å². The molecule has 0 spiro atoms. The van der Waals surface area contributed by atoms with Crippen LogP contribution in [0.3, 0.4) is 0 Å². The smallest absolute Gasteiger partial charge is 0.149 e. The number of ketones is 1. The van der Waals surface area contributed by atoms with Crippen molar-refractivity contribution in [3.63, 3.8) is 0 Å². The van der Waals surface area contributed by atoms with Crippen LogP contribution in [0.4, 0.5) is 0 Å². The molecule has 5 heteroatoms. The van der Waals surface area contributed by atoms with Crippen LogP contribution in [0.15, 0.2) is 22.9 Å². The largest absolute Gasteiger partial charge is 0.298 e. The Hall–Kier alpha value is -0.260. The van der Waals surface area contributed by atoms with Gasteiger partial charge in [0.1, 0.15) is 5.78 Å². The quantitative estimate of drug-likeness (QED) is 0.761. The van der Waals surface area contributed by atoms with Gasteiger partial charge in [-0.15, -0.1) is 11.8 Å². The van der Waals surface area contributed by atoms with Gasteiger partial charge in [0.15, 0.2) is 0 Å². The molecule has 2 nitrogen and oxygen atoms in total.